The summed E-state index contributed by atoms with van der Waals surface area (Å²) < 4.78 is 0. The molecule has 0 saturated heterocycles. The summed E-state index contributed by atoms with van der Waals surface area (Å²) in [5.41, 5.74) is 13.3. The van der Waals surface area contributed by atoms with Gasteiger partial charge in [-0.05, 0) is 30.7 Å². The van der Waals surface area contributed by atoms with Gasteiger partial charge in [0.15, 0.2) is 17.0 Å². The minimum Gasteiger partial charge on any atom is -0.656 e. The molecule has 21 heteroatoms. The summed E-state index contributed by atoms with van der Waals surface area (Å²) in [5, 5.41) is 11.1. The fourth-order valence-corrected chi connectivity index (χ4v) is 5.92. The Morgan fingerprint density at radius 3 is 2.28 bits per heavy atom. The molecule has 3 rings (SSSR count). The van der Waals surface area contributed by atoms with Crippen molar-refractivity contribution >= 4 is 62.3 Å². The van der Waals surface area contributed by atoms with Gasteiger partial charge in [-0.15, -0.1) is 0 Å². The number of carbonyl (C=O) groups excluding carboxylic acids is 2. The smallest absolute Gasteiger partial charge is 0.326 e. The molecule has 0 fully saturated rings. The van der Waals surface area contributed by atoms with Crippen molar-refractivity contribution in [1.82, 2.24) is 30.6 Å². The van der Waals surface area contributed by atoms with Crippen LogP contribution in [0.15, 0.2) is 30.5 Å². The lowest BCUT2D eigenvalue weighted by Gasteiger charge is -2.37. The molecule has 10 N–H and O–H groups in total. The highest BCUT2D eigenvalue weighted by Crippen LogP contribution is 2.61. The third-order valence-electron chi connectivity index (χ3n) is 5.98. The topological polar surface area (TPSA) is 332 Å². The van der Waals surface area contributed by atoms with Crippen LogP contribution in [0.1, 0.15) is 28.9 Å². The molecule has 2 unspecified atom stereocenters. The summed E-state index contributed by atoms with van der Waals surface area (Å²) in [5.74, 6) is -3.13. The second-order valence-electron chi connectivity index (χ2n) is 9.24. The van der Waals surface area contributed by atoms with E-state index in [0.717, 1.165) is 0 Å². The molecule has 0 aliphatic carbocycles. The van der Waals surface area contributed by atoms with Gasteiger partial charge in [0, 0.05) is 24.7 Å². The highest BCUT2D eigenvalue weighted by molar-refractivity contribution is 7.75. The Bertz CT molecular complexity index is 1470. The van der Waals surface area contributed by atoms with Crippen molar-refractivity contribution in [1.29, 1.82) is 0 Å². The first-order valence-electron chi connectivity index (χ1n) is 12.2. The molecule has 2 amide bonds. The fourth-order valence-electron chi connectivity index (χ4n) is 3.75. The second kappa shape index (κ2) is 13.6. The van der Waals surface area contributed by atoms with Crippen LogP contribution in [-0.4, -0.2) is 82.5 Å². The molecule has 0 bridgehead atoms. The van der Waals surface area contributed by atoms with Crippen molar-refractivity contribution in [2.24, 2.45) is 0 Å². The van der Waals surface area contributed by atoms with Crippen LogP contribution in [0, 0.1) is 0 Å². The van der Waals surface area contributed by atoms with Crippen LogP contribution >= 0.6 is 15.9 Å². The van der Waals surface area contributed by atoms with Crippen molar-refractivity contribution in [3.8, 4) is 0 Å². The number of rotatable bonds is 13. The number of carboxylic acid groups (broad SMARTS) is 1. The van der Waals surface area contributed by atoms with Crippen molar-refractivity contribution in [2.45, 2.75) is 30.8 Å². The molecule has 19 nitrogen and oxygen atoms in total. The Hall–Kier alpha value is -3.93. The monoisotopic (exact) mass is 640 g/mol. The number of nitrogens with zero attached hydrogens (tertiary/aromatic N) is 5. The van der Waals surface area contributed by atoms with E-state index in [4.69, 9.17) is 26.1 Å². The molecule has 2 heterocycles. The summed E-state index contributed by atoms with van der Waals surface area (Å²) in [6, 6.07) is 4.59. The lowest BCUT2D eigenvalue weighted by atomic mass is 10.1. The molecule has 0 aliphatic heterocycles. The summed E-state index contributed by atoms with van der Waals surface area (Å²) >= 11 is 0. The van der Waals surface area contributed by atoms with E-state index < -0.39 is 64.5 Å². The van der Waals surface area contributed by atoms with Crippen LogP contribution in [0.5, 0.6) is 0 Å². The molecule has 232 valence electrons. The Labute approximate surface area is 244 Å². The predicted octanol–water partition coefficient (Wildman–Crippen LogP) is -3.79. The molecule has 0 spiro atoms. The Morgan fingerprint density at radius 2 is 1.70 bits per heavy atom. The van der Waals surface area contributed by atoms with Crippen molar-refractivity contribution in [3.05, 3.63) is 41.7 Å². The number of carboxylic acids is 1. The van der Waals surface area contributed by atoms with Crippen LogP contribution < -0.4 is 41.7 Å². The van der Waals surface area contributed by atoms with Gasteiger partial charge in [-0.25, -0.2) is 24.5 Å². The third kappa shape index (κ3) is 9.28. The zero-order chi connectivity index (χ0) is 32.1. The molecule has 2 aromatic heterocycles. The number of hydrogen-bond acceptors (Lipinski definition) is 16. The Balaban J connectivity index is 1.57. The van der Waals surface area contributed by atoms with Crippen molar-refractivity contribution < 1.29 is 48.9 Å². The van der Waals surface area contributed by atoms with Crippen LogP contribution in [-0.2, 0) is 16.1 Å². The van der Waals surface area contributed by atoms with E-state index >= 15 is 0 Å². The number of aliphatic carboxylic acids is 1. The first-order valence-corrected chi connectivity index (χ1v) is 15.5. The molecule has 0 saturated carbocycles. The number of nitrogens with one attached hydrogen (secondary N) is 2. The zero-order valence-corrected chi connectivity index (χ0v) is 24.2. The summed E-state index contributed by atoms with van der Waals surface area (Å²) in [6.07, 6.45) is 0.521. The molecular weight excluding hydrogens is 612 g/mol. The van der Waals surface area contributed by atoms with Gasteiger partial charge in [-0.3, -0.25) is 14.5 Å². The van der Waals surface area contributed by atoms with E-state index in [1.54, 1.807) is 24.1 Å². The van der Waals surface area contributed by atoms with Gasteiger partial charge in [0.05, 0.1) is 32.9 Å². The Morgan fingerprint density at radius 1 is 1.05 bits per heavy atom. The summed E-state index contributed by atoms with van der Waals surface area (Å²) in [4.78, 5) is 115. The van der Waals surface area contributed by atoms with E-state index in [-0.39, 0.29) is 23.0 Å². The van der Waals surface area contributed by atoms with Crippen LogP contribution in [0.25, 0.3) is 11.2 Å². The number of amides is 2. The summed E-state index contributed by atoms with van der Waals surface area (Å²) in [7, 11) is -9.06. The minimum absolute atomic E-state index is 0.0266. The van der Waals surface area contributed by atoms with Gasteiger partial charge in [0.1, 0.15) is 6.04 Å². The number of nitrogens with two attached hydrogens (primary N) is 2. The SMILES string of the molecule is CN(Cc1cnc2nc(N)nc(N)c2n1)c1ccc(C(=O)NC(CCC(=O)NCC([P+]([O-])([O-])O)[P+]([O-])(O)O)C(=O)O)cc1. The van der Waals surface area contributed by atoms with Gasteiger partial charge >= 0.3 is 5.97 Å². The number of nitrogen functional groups attached to an aromatic ring is 2. The average molecular weight is 640 g/mol. The molecule has 2 atom stereocenters. The predicted molar refractivity (Wildman–Crippen MR) is 148 cm³/mol. The number of anilines is 3. The standard InChI is InChI=1S/C22H29N9O10P2/c1-31(10-12-8-26-19-17(27-12)18(23)29-22(24)30-19)13-4-2-11(3-5-13)20(33)28-14(21(34)35)6-7-15(32)25-9-16(42(36,37)38)43(39,40)41/h2-5,8,14,16H,6-7,9-10H2,1H3,(H,25,32)(H,28,33)(H,34,35)(H2,36,37,38)(H2,39,40,41)(H4,23,24,26,29,30)/p-1. The highest BCUT2D eigenvalue weighted by Gasteiger charge is 2.45. The number of hydrogen-bond donors (Lipinski definition) is 8. The van der Waals surface area contributed by atoms with E-state index in [1.807, 2.05) is 5.32 Å². The van der Waals surface area contributed by atoms with Crippen LogP contribution in [0.4, 0.5) is 17.5 Å². The highest BCUT2D eigenvalue weighted by atomic mass is 31.3. The number of fused-ring (bicyclic) bond motifs is 1. The number of benzene rings is 1. The fraction of sp³-hybridized carbons (Fsp3) is 0.318. The number of carbonyl (C=O) groups is 3. The molecule has 0 radical (unpaired) electrons. The zero-order valence-electron chi connectivity index (χ0n) is 22.4. The maximum Gasteiger partial charge on any atom is 0.326 e. The maximum atomic E-state index is 12.7. The van der Waals surface area contributed by atoms with Crippen molar-refractivity contribution in [3.63, 3.8) is 0 Å². The minimum atomic E-state index is -5.50. The van der Waals surface area contributed by atoms with E-state index in [2.05, 4.69) is 25.3 Å². The molecule has 0 aliphatic rings. The van der Waals surface area contributed by atoms with E-state index in [1.165, 1.54) is 18.3 Å². The first-order chi connectivity index (χ1) is 20.0. The Kier molecular flexibility index (Phi) is 10.6. The average Bonchev–Trinajstić information content (AvgIpc) is 2.89. The number of aromatic nitrogens is 4. The van der Waals surface area contributed by atoms with Crippen LogP contribution in [0.2, 0.25) is 0 Å². The first kappa shape index (κ1) is 33.6. The van der Waals surface area contributed by atoms with Crippen LogP contribution in [0.3, 0.4) is 0 Å². The normalized spacial score (nSPS) is 13.3. The second-order valence-corrected chi connectivity index (χ2v) is 13.2. The molecule has 43 heavy (non-hydrogen) atoms. The summed E-state index contributed by atoms with van der Waals surface area (Å²) in [6.45, 7) is -0.808. The van der Waals surface area contributed by atoms with E-state index in [0.29, 0.717) is 23.4 Å². The van der Waals surface area contributed by atoms with Gasteiger partial charge in [0.25, 0.3) is 19.3 Å². The van der Waals surface area contributed by atoms with Gasteiger partial charge < -0.3 is 46.8 Å². The third-order valence-corrected chi connectivity index (χ3v) is 9.65. The molecular formula is C22H28N9O10P2-. The van der Waals surface area contributed by atoms with Gasteiger partial charge in [0.2, 0.25) is 11.9 Å². The van der Waals surface area contributed by atoms with E-state index in [9.17, 15) is 34.2 Å². The van der Waals surface area contributed by atoms with Gasteiger partial charge in [-0.2, -0.15) is 9.97 Å². The largest absolute Gasteiger partial charge is 0.656 e. The van der Waals surface area contributed by atoms with Gasteiger partial charge in [-0.1, -0.05) is 0 Å². The lowest BCUT2D eigenvalue weighted by Crippen LogP contribution is -2.45. The molecule has 1 aromatic carbocycles. The quantitative estimate of drug-likeness (QED) is 0.0830. The van der Waals surface area contributed by atoms with Crippen molar-refractivity contribution in [2.75, 3.05) is 30.0 Å². The maximum absolute atomic E-state index is 12.7. The lowest BCUT2D eigenvalue weighted by molar-refractivity contribution is -0.334. The molecule has 3 aromatic rings.